The number of hydrogen-bond donors (Lipinski definition) is 0. The first-order chi connectivity index (χ1) is 10.6. The van der Waals surface area contributed by atoms with Crippen molar-refractivity contribution in [3.05, 3.63) is 36.0 Å². The van der Waals surface area contributed by atoms with E-state index in [1.165, 1.54) is 18.7 Å². The first-order valence-electron chi connectivity index (χ1n) is 6.85. The summed E-state index contributed by atoms with van der Waals surface area (Å²) in [5.41, 5.74) is 1.77. The van der Waals surface area contributed by atoms with Crippen LogP contribution in [0.25, 0.3) is 10.9 Å². The third-order valence-corrected chi connectivity index (χ3v) is 4.57. The lowest BCUT2D eigenvalue weighted by Crippen LogP contribution is -2.25. The zero-order valence-electron chi connectivity index (χ0n) is 11.9. The Kier molecular flexibility index (Phi) is 3.82. The van der Waals surface area contributed by atoms with Gasteiger partial charge in [0.05, 0.1) is 16.8 Å². The number of anilines is 1. The fourth-order valence-corrected chi connectivity index (χ4v) is 3.62. The van der Waals surface area contributed by atoms with Crippen LogP contribution >= 0.6 is 11.8 Å². The van der Waals surface area contributed by atoms with E-state index in [0.717, 1.165) is 10.9 Å². The van der Waals surface area contributed by atoms with Crippen molar-refractivity contribution in [3.63, 3.8) is 0 Å². The Morgan fingerprint density at radius 2 is 2.27 bits per heavy atom. The number of pyridine rings is 1. The molecule has 2 aromatic rings. The molecule has 6 heteroatoms. The van der Waals surface area contributed by atoms with E-state index in [2.05, 4.69) is 11.1 Å². The van der Waals surface area contributed by atoms with Crippen LogP contribution in [0.1, 0.15) is 18.9 Å². The summed E-state index contributed by atoms with van der Waals surface area (Å²) in [4.78, 5) is 29.3. The zero-order chi connectivity index (χ0) is 15.7. The van der Waals surface area contributed by atoms with Crippen LogP contribution in [0.4, 0.5) is 5.69 Å². The maximum atomic E-state index is 12.2. The lowest BCUT2D eigenvalue weighted by molar-refractivity contribution is -0.117. The Hall–Kier alpha value is -2.39. The molecule has 1 fully saturated rings. The minimum absolute atomic E-state index is 0.00266. The maximum Gasteiger partial charge on any atom is 0.228 e. The molecular formula is C16H13N3O2S. The van der Waals surface area contributed by atoms with E-state index in [1.54, 1.807) is 23.2 Å². The maximum absolute atomic E-state index is 12.2. The van der Waals surface area contributed by atoms with Crippen molar-refractivity contribution in [1.29, 1.82) is 5.26 Å². The van der Waals surface area contributed by atoms with Gasteiger partial charge in [-0.3, -0.25) is 14.6 Å². The summed E-state index contributed by atoms with van der Waals surface area (Å²) in [5.74, 6) is -0.0570. The second-order valence-electron chi connectivity index (χ2n) is 5.08. The molecule has 1 atom stereocenters. The van der Waals surface area contributed by atoms with Gasteiger partial charge in [0.1, 0.15) is 6.07 Å². The van der Waals surface area contributed by atoms with Gasteiger partial charge < -0.3 is 4.90 Å². The van der Waals surface area contributed by atoms with Crippen LogP contribution in [0.2, 0.25) is 0 Å². The van der Waals surface area contributed by atoms with Crippen molar-refractivity contribution in [2.45, 2.75) is 18.6 Å². The summed E-state index contributed by atoms with van der Waals surface area (Å²) in [7, 11) is 0. The summed E-state index contributed by atoms with van der Waals surface area (Å²) in [6.07, 6.45) is 1.99. The third-order valence-electron chi connectivity index (χ3n) is 3.59. The molecule has 1 aliphatic rings. The molecule has 5 nitrogen and oxygen atoms in total. The number of nitriles is 1. The van der Waals surface area contributed by atoms with Crippen LogP contribution in [0.15, 0.2) is 30.5 Å². The number of carbonyl (C=O) groups excluding carboxylic acids is 2. The normalized spacial score (nSPS) is 17.7. The predicted octanol–water partition coefficient (Wildman–Crippen LogP) is 2.49. The summed E-state index contributed by atoms with van der Waals surface area (Å²) < 4.78 is 0. The quantitative estimate of drug-likeness (QED) is 0.852. The van der Waals surface area contributed by atoms with E-state index in [9.17, 15) is 14.9 Å². The molecule has 1 aromatic heterocycles. The molecule has 2 heterocycles. The first-order valence-corrected chi connectivity index (χ1v) is 7.73. The standard InChI is InChI=1S/C16H13N3O2S/c1-10(20)22-11-7-16(21)19(9-11)15-5-4-14-12(13(15)8-17)3-2-6-18-14/h2-6,11H,7,9H2,1H3. The van der Waals surface area contributed by atoms with Gasteiger partial charge in [-0.1, -0.05) is 11.8 Å². The van der Waals surface area contributed by atoms with Crippen molar-refractivity contribution in [2.24, 2.45) is 0 Å². The van der Waals surface area contributed by atoms with E-state index in [0.29, 0.717) is 24.2 Å². The summed E-state index contributed by atoms with van der Waals surface area (Å²) in [6, 6.07) is 9.35. The Bertz CT molecular complexity index is 813. The number of carbonyl (C=O) groups is 2. The monoisotopic (exact) mass is 311 g/mol. The van der Waals surface area contributed by atoms with E-state index >= 15 is 0 Å². The minimum Gasteiger partial charge on any atom is -0.310 e. The average molecular weight is 311 g/mol. The zero-order valence-corrected chi connectivity index (χ0v) is 12.8. The van der Waals surface area contributed by atoms with E-state index < -0.39 is 0 Å². The van der Waals surface area contributed by atoms with E-state index in [-0.39, 0.29) is 16.3 Å². The SMILES string of the molecule is CC(=O)SC1CC(=O)N(c2ccc3ncccc3c2C#N)C1. The first kappa shape index (κ1) is 14.5. The highest BCUT2D eigenvalue weighted by atomic mass is 32.2. The molecule has 0 radical (unpaired) electrons. The molecule has 0 aliphatic carbocycles. The highest BCUT2D eigenvalue weighted by molar-refractivity contribution is 8.14. The summed E-state index contributed by atoms with van der Waals surface area (Å²) in [6.45, 7) is 1.95. The molecule has 0 N–H and O–H groups in total. The summed E-state index contributed by atoms with van der Waals surface area (Å²) >= 11 is 1.18. The van der Waals surface area contributed by atoms with Crippen molar-refractivity contribution < 1.29 is 9.59 Å². The molecule has 1 saturated heterocycles. The number of fused-ring (bicyclic) bond motifs is 1. The minimum atomic E-state index is -0.0570. The Labute approximate surface area is 131 Å². The molecule has 0 saturated carbocycles. The number of amides is 1. The second-order valence-corrected chi connectivity index (χ2v) is 6.56. The van der Waals surface area contributed by atoms with Crippen LogP contribution < -0.4 is 4.90 Å². The molecule has 3 rings (SSSR count). The molecule has 0 bridgehead atoms. The molecule has 0 spiro atoms. The molecule has 22 heavy (non-hydrogen) atoms. The van der Waals surface area contributed by atoms with Crippen molar-refractivity contribution in [3.8, 4) is 6.07 Å². The van der Waals surface area contributed by atoms with Gasteiger partial charge in [-0.2, -0.15) is 5.26 Å². The van der Waals surface area contributed by atoms with Crippen molar-refractivity contribution in [1.82, 2.24) is 4.98 Å². The lowest BCUT2D eigenvalue weighted by Gasteiger charge is -2.18. The lowest BCUT2D eigenvalue weighted by atomic mass is 10.1. The van der Waals surface area contributed by atoms with Gasteiger partial charge in [-0.05, 0) is 24.3 Å². The largest absolute Gasteiger partial charge is 0.310 e. The van der Waals surface area contributed by atoms with Gasteiger partial charge in [0.2, 0.25) is 5.91 Å². The Morgan fingerprint density at radius 1 is 1.45 bits per heavy atom. The van der Waals surface area contributed by atoms with E-state index in [1.807, 2.05) is 12.1 Å². The smallest absolute Gasteiger partial charge is 0.228 e. The van der Waals surface area contributed by atoms with Crippen molar-refractivity contribution in [2.75, 3.05) is 11.4 Å². The molecule has 110 valence electrons. The number of aromatic nitrogens is 1. The molecule has 1 amide bonds. The Morgan fingerprint density at radius 3 is 3.00 bits per heavy atom. The highest BCUT2D eigenvalue weighted by Gasteiger charge is 2.33. The highest BCUT2D eigenvalue weighted by Crippen LogP contribution is 2.33. The number of thioether (sulfide) groups is 1. The van der Waals surface area contributed by atoms with Gasteiger partial charge in [0, 0.05) is 36.7 Å². The van der Waals surface area contributed by atoms with E-state index in [4.69, 9.17) is 0 Å². The van der Waals surface area contributed by atoms with Crippen LogP contribution in [0, 0.1) is 11.3 Å². The summed E-state index contributed by atoms with van der Waals surface area (Å²) in [5, 5.41) is 10.2. The number of nitrogens with zero attached hydrogens (tertiary/aromatic N) is 3. The van der Waals surface area contributed by atoms with Crippen LogP contribution in [-0.4, -0.2) is 27.8 Å². The molecule has 1 aromatic carbocycles. The molecule has 1 aliphatic heterocycles. The van der Waals surface area contributed by atoms with Crippen molar-refractivity contribution >= 4 is 39.4 Å². The average Bonchev–Trinajstić information content (AvgIpc) is 2.85. The Balaban J connectivity index is 2.02. The number of rotatable bonds is 2. The molecular weight excluding hydrogens is 298 g/mol. The fraction of sp³-hybridized carbons (Fsp3) is 0.250. The molecule has 1 unspecified atom stereocenters. The third kappa shape index (κ3) is 2.55. The second kappa shape index (κ2) is 5.78. The van der Waals surface area contributed by atoms with Gasteiger partial charge in [-0.15, -0.1) is 0 Å². The number of hydrogen-bond acceptors (Lipinski definition) is 5. The van der Waals surface area contributed by atoms with Gasteiger partial charge in [0.15, 0.2) is 5.12 Å². The van der Waals surface area contributed by atoms with Crippen LogP contribution in [-0.2, 0) is 9.59 Å². The van der Waals surface area contributed by atoms with Gasteiger partial charge in [-0.25, -0.2) is 0 Å². The fourth-order valence-electron chi connectivity index (χ4n) is 2.70. The van der Waals surface area contributed by atoms with Crippen LogP contribution in [0.3, 0.4) is 0 Å². The topological polar surface area (TPSA) is 74.1 Å². The predicted molar refractivity (Wildman–Crippen MR) is 85.5 cm³/mol. The van der Waals surface area contributed by atoms with Gasteiger partial charge >= 0.3 is 0 Å². The van der Waals surface area contributed by atoms with Gasteiger partial charge in [0.25, 0.3) is 0 Å². The van der Waals surface area contributed by atoms with Crippen LogP contribution in [0.5, 0.6) is 0 Å². The number of benzene rings is 1.